The van der Waals surface area contributed by atoms with E-state index >= 15 is 0 Å². The summed E-state index contributed by atoms with van der Waals surface area (Å²) < 4.78 is 15.2. The summed E-state index contributed by atoms with van der Waals surface area (Å²) in [5, 5.41) is 0. The maximum atomic E-state index is 11.1. The van der Waals surface area contributed by atoms with Gasteiger partial charge in [0.1, 0.15) is 0 Å². The molecule has 212 valence electrons. The molecular weight excluding hydrogens is 555 g/mol. The fourth-order valence-electron chi connectivity index (χ4n) is 4.46. The summed E-state index contributed by atoms with van der Waals surface area (Å²) in [5.74, 6) is -0.0933. The first kappa shape index (κ1) is 35.7. The third-order valence-corrected chi connectivity index (χ3v) is 19.1. The minimum absolute atomic E-state index is 0.0666. The molecule has 36 heavy (non-hydrogen) atoms. The van der Waals surface area contributed by atoms with Gasteiger partial charge in [-0.05, 0) is 6.42 Å². The Morgan fingerprint density at radius 1 is 0.722 bits per heavy atom. The van der Waals surface area contributed by atoms with Crippen molar-refractivity contribution in [2.24, 2.45) is 0 Å². The molecule has 0 aromatic rings. The summed E-state index contributed by atoms with van der Waals surface area (Å²) in [5.41, 5.74) is 0. The van der Waals surface area contributed by atoms with Crippen LogP contribution in [0.2, 0.25) is 13.3 Å². The van der Waals surface area contributed by atoms with Gasteiger partial charge in [0.2, 0.25) is 0 Å². The number of rotatable bonds is 26. The van der Waals surface area contributed by atoms with E-state index in [1.54, 1.807) is 0 Å². The second kappa shape index (κ2) is 26.3. The topological polar surface area (TPSA) is 44.8 Å². The minimum atomic E-state index is -2.74. The second-order valence-electron chi connectivity index (χ2n) is 10.4. The van der Waals surface area contributed by atoms with E-state index < -0.39 is 18.8 Å². The van der Waals surface area contributed by atoms with E-state index in [1.807, 2.05) is 0 Å². The van der Waals surface area contributed by atoms with Crippen LogP contribution in [0, 0.1) is 0 Å². The van der Waals surface area contributed by atoms with Gasteiger partial charge in [0.15, 0.2) is 0 Å². The first-order chi connectivity index (χ1) is 17.6. The average Bonchev–Trinajstić information content (AvgIpc) is 2.90. The molecule has 1 atom stereocenters. The van der Waals surface area contributed by atoms with Crippen LogP contribution in [0.3, 0.4) is 0 Å². The molecule has 4 nitrogen and oxygen atoms in total. The number of methoxy groups -OCH3 is 1. The van der Waals surface area contributed by atoms with E-state index in [2.05, 4.69) is 56.7 Å². The van der Waals surface area contributed by atoms with Gasteiger partial charge in [-0.25, -0.2) is 0 Å². The number of esters is 1. The average molecular weight is 616 g/mol. The fourth-order valence-corrected chi connectivity index (χ4v) is 16.8. The van der Waals surface area contributed by atoms with E-state index in [-0.39, 0.29) is 12.1 Å². The van der Waals surface area contributed by atoms with Gasteiger partial charge in [0.25, 0.3) is 0 Å². The third-order valence-electron chi connectivity index (χ3n) is 6.95. The molecule has 0 radical (unpaired) electrons. The van der Waals surface area contributed by atoms with Crippen LogP contribution >= 0.6 is 0 Å². The molecular formula is C31H60O4Sn. The molecule has 0 aromatic carbocycles. The monoisotopic (exact) mass is 616 g/mol. The van der Waals surface area contributed by atoms with Crippen LogP contribution in [-0.4, -0.2) is 38.0 Å². The number of hydrogen-bond donors (Lipinski definition) is 0. The molecule has 0 rings (SSSR count). The van der Waals surface area contributed by atoms with Crippen LogP contribution in [0.5, 0.6) is 0 Å². The van der Waals surface area contributed by atoms with Gasteiger partial charge in [-0.15, -0.1) is 0 Å². The van der Waals surface area contributed by atoms with Crippen LogP contribution in [-0.2, 0) is 17.6 Å². The first-order valence-corrected chi connectivity index (χ1v) is 22.5. The normalized spacial score (nSPS) is 13.1. The Hall–Kier alpha value is -0.331. The van der Waals surface area contributed by atoms with E-state index in [9.17, 15) is 4.79 Å². The Morgan fingerprint density at radius 3 is 1.89 bits per heavy atom. The molecule has 0 heterocycles. The summed E-state index contributed by atoms with van der Waals surface area (Å²) >= 11 is -2.74. The Kier molecular flexibility index (Phi) is 26.0. The van der Waals surface area contributed by atoms with Gasteiger partial charge in [0.05, 0.1) is 7.11 Å². The van der Waals surface area contributed by atoms with Crippen molar-refractivity contribution in [1.29, 1.82) is 0 Å². The predicted octanol–water partition coefficient (Wildman–Crippen LogP) is 10.2. The van der Waals surface area contributed by atoms with Crippen LogP contribution in [0.1, 0.15) is 137 Å². The van der Waals surface area contributed by atoms with Gasteiger partial charge in [-0.3, -0.25) is 4.79 Å². The molecule has 0 saturated carbocycles. The zero-order valence-corrected chi connectivity index (χ0v) is 27.5. The molecule has 0 saturated heterocycles. The molecule has 0 amide bonds. The molecule has 0 spiro atoms. The number of hydrogen-bond acceptors (Lipinski definition) is 4. The van der Waals surface area contributed by atoms with Gasteiger partial charge in [0, 0.05) is 6.42 Å². The molecule has 5 heteroatoms. The van der Waals surface area contributed by atoms with Gasteiger partial charge in [-0.1, -0.05) is 0 Å². The van der Waals surface area contributed by atoms with Crippen molar-refractivity contribution in [3.63, 3.8) is 0 Å². The van der Waals surface area contributed by atoms with Crippen LogP contribution < -0.4 is 0 Å². The Morgan fingerprint density at radius 2 is 1.31 bits per heavy atom. The Balaban J connectivity index is 4.69. The summed E-state index contributed by atoms with van der Waals surface area (Å²) in [4.78, 5) is 17.4. The number of ether oxygens (including phenoxy) is 1. The Bertz CT molecular complexity index is 525. The molecule has 0 fully saturated rings. The van der Waals surface area contributed by atoms with E-state index in [1.165, 1.54) is 97.5 Å². The third kappa shape index (κ3) is 20.7. The van der Waals surface area contributed by atoms with Crippen LogP contribution in [0.25, 0.3) is 0 Å². The summed E-state index contributed by atoms with van der Waals surface area (Å²) in [6.45, 7) is 9.15. The van der Waals surface area contributed by atoms with Crippen LogP contribution in [0.4, 0.5) is 0 Å². The summed E-state index contributed by atoms with van der Waals surface area (Å²) in [6, 6.07) is 0. The number of allylic oxidation sites excluding steroid dienone is 3. The predicted molar refractivity (Wildman–Crippen MR) is 158 cm³/mol. The summed E-state index contributed by atoms with van der Waals surface area (Å²) in [7, 11) is 1.46. The van der Waals surface area contributed by atoms with Gasteiger partial charge < -0.3 is 4.74 Å². The number of unbranched alkanes of at least 4 members (excludes halogenated alkanes) is 10. The molecule has 0 bridgehead atoms. The van der Waals surface area contributed by atoms with Crippen molar-refractivity contribution in [2.45, 2.75) is 156 Å². The second-order valence-corrected chi connectivity index (χ2v) is 21.9. The van der Waals surface area contributed by atoms with Crippen molar-refractivity contribution in [1.82, 2.24) is 0 Å². The molecule has 0 aliphatic rings. The van der Waals surface area contributed by atoms with Crippen molar-refractivity contribution in [3.05, 3.63) is 24.3 Å². The number of carbonyl (C=O) groups is 1. The zero-order chi connectivity index (χ0) is 26.7. The fraction of sp³-hybridized carbons (Fsp3) is 0.839. The van der Waals surface area contributed by atoms with Crippen molar-refractivity contribution in [3.8, 4) is 0 Å². The summed E-state index contributed by atoms with van der Waals surface area (Å²) in [6.07, 6.45) is 28.5. The van der Waals surface area contributed by atoms with E-state index in [0.717, 1.165) is 25.7 Å². The van der Waals surface area contributed by atoms with Crippen molar-refractivity contribution < 1.29 is 17.6 Å². The molecule has 1 unspecified atom stereocenters. The van der Waals surface area contributed by atoms with Crippen LogP contribution in [0.15, 0.2) is 24.3 Å². The first-order valence-electron chi connectivity index (χ1n) is 15.3. The SMILES string of the molecule is CCCCCC(/C=C/C=C\CCCCCCCC(=O)OC)O[O][Sn]([CH2]CCC)([CH2]CCC)[CH2]CCC. The van der Waals surface area contributed by atoms with E-state index in [0.29, 0.717) is 6.42 Å². The zero-order valence-electron chi connectivity index (χ0n) is 24.7. The quantitative estimate of drug-likeness (QED) is 0.0243. The molecule has 0 aromatic heterocycles. The van der Waals surface area contributed by atoms with E-state index in [4.69, 9.17) is 8.11 Å². The van der Waals surface area contributed by atoms with Crippen molar-refractivity contribution in [2.75, 3.05) is 7.11 Å². The molecule has 0 aliphatic heterocycles. The Labute approximate surface area is 229 Å². The van der Waals surface area contributed by atoms with Crippen molar-refractivity contribution >= 4 is 24.8 Å². The van der Waals surface area contributed by atoms with Gasteiger partial charge >= 0.3 is 201 Å². The number of carbonyl (C=O) groups excluding carboxylic acids is 1. The maximum absolute atomic E-state index is 11.1. The standard InChI is InChI=1S/C19H34O4.3C4H9.Sn/c1-3-4-12-15-18(23-21)16-13-10-8-6-5-7-9-11-14-17-19(20)22-2;3*1-3-4-2;/h8,10,13,16,18,21H,3-7,9,11-12,14-15,17H2,1-2H3;3*1,3-4H2,2H3;/q;;;;+1/p-1/b10-8-,16-13+;;;;. The molecule has 0 N–H and O–H groups in total. The van der Waals surface area contributed by atoms with Gasteiger partial charge in [-0.2, -0.15) is 0 Å². The molecule has 0 aliphatic carbocycles.